The van der Waals surface area contributed by atoms with Crippen LogP contribution in [0.15, 0.2) is 48.5 Å². The second kappa shape index (κ2) is 10.4. The zero-order valence-corrected chi connectivity index (χ0v) is 22.2. The maximum atomic E-state index is 6.15. The van der Waals surface area contributed by atoms with Crippen molar-refractivity contribution in [3.05, 3.63) is 48.5 Å². The monoisotopic (exact) mass is 490 g/mol. The van der Waals surface area contributed by atoms with Gasteiger partial charge in [0.1, 0.15) is 34.5 Å². The first-order valence-corrected chi connectivity index (χ1v) is 12.0. The molecule has 0 spiro atoms. The van der Waals surface area contributed by atoms with E-state index in [0.29, 0.717) is 11.5 Å². The minimum Gasteiger partial charge on any atom is -0.496 e. The molecule has 0 amide bonds. The van der Waals surface area contributed by atoms with Crippen LogP contribution in [-0.4, -0.2) is 40.6 Å². The highest BCUT2D eigenvalue weighted by atomic mass is 16.5. The summed E-state index contributed by atoms with van der Waals surface area (Å²) in [4.78, 5) is 0. The quantitative estimate of drug-likeness (QED) is 0.246. The van der Waals surface area contributed by atoms with Crippen LogP contribution in [0.25, 0.3) is 32.7 Å². The largest absolute Gasteiger partial charge is 0.496 e. The van der Waals surface area contributed by atoms with Crippen LogP contribution in [0.5, 0.6) is 34.5 Å². The lowest BCUT2D eigenvalue weighted by Gasteiger charge is -2.19. The number of benzene rings is 4. The molecule has 190 valence electrons. The van der Waals surface area contributed by atoms with Gasteiger partial charge in [0, 0.05) is 10.8 Å². The highest BCUT2D eigenvalue weighted by Gasteiger charge is 2.19. The van der Waals surface area contributed by atoms with Crippen molar-refractivity contribution in [1.82, 2.24) is 0 Å². The fourth-order valence-corrected chi connectivity index (χ4v) is 4.49. The number of methoxy groups -OCH3 is 4. The average Bonchev–Trinajstić information content (AvgIpc) is 2.87. The van der Waals surface area contributed by atoms with Gasteiger partial charge in [-0.3, -0.25) is 0 Å². The van der Waals surface area contributed by atoms with Gasteiger partial charge in [-0.15, -0.1) is 0 Å². The summed E-state index contributed by atoms with van der Waals surface area (Å²) in [5, 5.41) is 3.53. The van der Waals surface area contributed by atoms with Crippen LogP contribution in [0.4, 0.5) is 0 Å². The van der Waals surface area contributed by atoms with E-state index in [1.165, 1.54) is 0 Å². The van der Waals surface area contributed by atoms with E-state index >= 15 is 0 Å². The van der Waals surface area contributed by atoms with Gasteiger partial charge in [-0.2, -0.15) is 0 Å². The van der Waals surface area contributed by atoms with E-state index in [1.54, 1.807) is 28.4 Å². The van der Waals surface area contributed by atoms with Crippen LogP contribution in [0, 0.1) is 0 Å². The molecule has 6 nitrogen and oxygen atoms in total. The first-order valence-electron chi connectivity index (χ1n) is 12.0. The molecule has 4 rings (SSSR count). The van der Waals surface area contributed by atoms with Crippen molar-refractivity contribution in [1.29, 1.82) is 0 Å². The normalized spacial score (nSPS) is 11.3. The lowest BCUT2D eigenvalue weighted by molar-refractivity contribution is 0.245. The highest BCUT2D eigenvalue weighted by molar-refractivity contribution is 6.04. The van der Waals surface area contributed by atoms with E-state index in [-0.39, 0.29) is 12.2 Å². The molecule has 0 fully saturated rings. The molecule has 0 heterocycles. The summed E-state index contributed by atoms with van der Waals surface area (Å²) in [5.41, 5.74) is 1.89. The lowest BCUT2D eigenvalue weighted by Crippen LogP contribution is -2.06. The molecule has 0 bridgehead atoms. The minimum absolute atomic E-state index is 0.0141. The summed E-state index contributed by atoms with van der Waals surface area (Å²) in [5.74, 6) is 4.35. The Morgan fingerprint density at radius 2 is 0.778 bits per heavy atom. The number of ether oxygens (including phenoxy) is 6. The second-order valence-electron chi connectivity index (χ2n) is 9.07. The Kier molecular flexibility index (Phi) is 7.34. The summed E-state index contributed by atoms with van der Waals surface area (Å²) in [7, 11) is 6.63. The minimum atomic E-state index is 0.0141. The predicted molar refractivity (Wildman–Crippen MR) is 145 cm³/mol. The third-order valence-electron chi connectivity index (χ3n) is 5.94. The number of hydrogen-bond acceptors (Lipinski definition) is 6. The SMILES string of the molecule is COc1ccc(OC(C)C)c2cc(-c3cc(OC)c4c(OC)ccc(OC(C)C)c4c3)cc(OC)c12. The predicted octanol–water partition coefficient (Wildman–Crippen LogP) is 7.27. The van der Waals surface area contributed by atoms with Crippen LogP contribution >= 0.6 is 0 Å². The zero-order chi connectivity index (χ0) is 26.0. The van der Waals surface area contributed by atoms with Crippen molar-refractivity contribution >= 4 is 21.5 Å². The highest BCUT2D eigenvalue weighted by Crippen LogP contribution is 2.46. The molecule has 0 N–H and O–H groups in total. The standard InChI is InChI=1S/C30H34O6/c1-17(2)35-23-9-11-25(31-5)29-21(23)13-19(15-27(29)33-7)20-14-22-24(36-18(3)4)10-12-26(32-6)30(22)28(16-20)34-8/h9-18H,1-8H3. The van der Waals surface area contributed by atoms with Crippen molar-refractivity contribution in [3.63, 3.8) is 0 Å². The van der Waals surface area contributed by atoms with Crippen molar-refractivity contribution in [2.45, 2.75) is 39.9 Å². The molecular formula is C30H34O6. The van der Waals surface area contributed by atoms with E-state index < -0.39 is 0 Å². The topological polar surface area (TPSA) is 55.4 Å². The average molecular weight is 491 g/mol. The Labute approximate surface area is 212 Å². The maximum absolute atomic E-state index is 6.15. The van der Waals surface area contributed by atoms with Crippen LogP contribution in [0.2, 0.25) is 0 Å². The molecule has 0 unspecified atom stereocenters. The molecule has 0 saturated carbocycles. The van der Waals surface area contributed by atoms with E-state index in [2.05, 4.69) is 12.1 Å². The molecule has 0 aromatic heterocycles. The van der Waals surface area contributed by atoms with E-state index in [4.69, 9.17) is 28.4 Å². The van der Waals surface area contributed by atoms with Crippen molar-refractivity contribution in [2.24, 2.45) is 0 Å². The molecule has 0 aliphatic carbocycles. The fourth-order valence-electron chi connectivity index (χ4n) is 4.49. The molecule has 0 radical (unpaired) electrons. The van der Waals surface area contributed by atoms with Crippen LogP contribution in [0.1, 0.15) is 27.7 Å². The van der Waals surface area contributed by atoms with Gasteiger partial charge in [-0.05, 0) is 87.4 Å². The molecule has 4 aromatic rings. The zero-order valence-electron chi connectivity index (χ0n) is 22.2. The van der Waals surface area contributed by atoms with Gasteiger partial charge in [-0.25, -0.2) is 0 Å². The first kappa shape index (κ1) is 25.3. The van der Waals surface area contributed by atoms with Gasteiger partial charge < -0.3 is 28.4 Å². The third kappa shape index (κ3) is 4.68. The Balaban J connectivity index is 2.05. The Hall–Kier alpha value is -3.80. The third-order valence-corrected chi connectivity index (χ3v) is 5.94. The van der Waals surface area contributed by atoms with Gasteiger partial charge in [-0.1, -0.05) is 0 Å². The summed E-state index contributed by atoms with van der Waals surface area (Å²) in [6.45, 7) is 8.04. The van der Waals surface area contributed by atoms with Gasteiger partial charge >= 0.3 is 0 Å². The summed E-state index contributed by atoms with van der Waals surface area (Å²) in [6.07, 6.45) is 0.0282. The summed E-state index contributed by atoms with van der Waals surface area (Å²) in [6, 6.07) is 15.9. The molecule has 0 aliphatic heterocycles. The summed E-state index contributed by atoms with van der Waals surface area (Å²) >= 11 is 0. The molecule has 4 aromatic carbocycles. The van der Waals surface area contributed by atoms with Crippen LogP contribution in [-0.2, 0) is 0 Å². The Morgan fingerprint density at radius 1 is 0.444 bits per heavy atom. The second-order valence-corrected chi connectivity index (χ2v) is 9.07. The van der Waals surface area contributed by atoms with Gasteiger partial charge in [0.2, 0.25) is 0 Å². The maximum Gasteiger partial charge on any atom is 0.131 e. The fraction of sp³-hybridized carbons (Fsp3) is 0.333. The van der Waals surface area contributed by atoms with Crippen LogP contribution in [0.3, 0.4) is 0 Å². The van der Waals surface area contributed by atoms with E-state index in [9.17, 15) is 0 Å². The van der Waals surface area contributed by atoms with E-state index in [1.807, 2.05) is 64.1 Å². The van der Waals surface area contributed by atoms with Crippen LogP contribution < -0.4 is 28.4 Å². The molecule has 6 heteroatoms. The molecule has 0 aliphatic rings. The first-order chi connectivity index (χ1) is 17.3. The van der Waals surface area contributed by atoms with Crippen molar-refractivity contribution < 1.29 is 28.4 Å². The number of rotatable bonds is 9. The lowest BCUT2D eigenvalue weighted by atomic mass is 9.96. The van der Waals surface area contributed by atoms with E-state index in [0.717, 1.165) is 55.7 Å². The molecular weight excluding hydrogens is 456 g/mol. The Bertz CT molecular complexity index is 1280. The van der Waals surface area contributed by atoms with Crippen molar-refractivity contribution in [3.8, 4) is 45.6 Å². The molecule has 0 atom stereocenters. The van der Waals surface area contributed by atoms with Gasteiger partial charge in [0.15, 0.2) is 0 Å². The van der Waals surface area contributed by atoms with Gasteiger partial charge in [0.25, 0.3) is 0 Å². The number of hydrogen-bond donors (Lipinski definition) is 0. The van der Waals surface area contributed by atoms with Crippen molar-refractivity contribution in [2.75, 3.05) is 28.4 Å². The smallest absolute Gasteiger partial charge is 0.131 e. The summed E-state index contributed by atoms with van der Waals surface area (Å²) < 4.78 is 35.3. The Morgan fingerprint density at radius 3 is 1.08 bits per heavy atom. The molecule has 0 saturated heterocycles. The van der Waals surface area contributed by atoms with Gasteiger partial charge in [0.05, 0.1) is 51.4 Å². The number of fused-ring (bicyclic) bond motifs is 2. The molecule has 36 heavy (non-hydrogen) atoms.